The van der Waals surface area contributed by atoms with Crippen molar-refractivity contribution in [3.05, 3.63) is 107 Å². The number of hydrogen-bond acceptors (Lipinski definition) is 3. The fraction of sp³-hybridized carbons (Fsp3) is 0.231. The molecule has 1 fully saturated rings. The molecule has 3 aromatic rings. The van der Waals surface area contributed by atoms with E-state index in [1.165, 1.54) is 0 Å². The molecule has 0 radical (unpaired) electrons. The molecule has 0 saturated carbocycles. The van der Waals surface area contributed by atoms with E-state index < -0.39 is 0 Å². The third-order valence-corrected chi connectivity index (χ3v) is 5.45. The van der Waals surface area contributed by atoms with E-state index in [4.69, 9.17) is 0 Å². The molecule has 0 aromatic heterocycles. The van der Waals surface area contributed by atoms with Crippen molar-refractivity contribution in [2.24, 2.45) is 0 Å². The van der Waals surface area contributed by atoms with Crippen molar-refractivity contribution >= 4 is 11.8 Å². The highest BCUT2D eigenvalue weighted by Gasteiger charge is 2.20. The molecule has 1 N–H and O–H groups in total. The summed E-state index contributed by atoms with van der Waals surface area (Å²) in [6, 6.07) is 27.7. The zero-order valence-electron chi connectivity index (χ0n) is 17.5. The van der Waals surface area contributed by atoms with E-state index in [0.717, 1.165) is 29.7 Å². The summed E-state index contributed by atoms with van der Waals surface area (Å²) < 4.78 is 0. The molecule has 3 aromatic carbocycles. The minimum absolute atomic E-state index is 0.143. The van der Waals surface area contributed by atoms with Crippen LogP contribution in [0.25, 0.3) is 0 Å². The highest BCUT2D eigenvalue weighted by atomic mass is 16.2. The van der Waals surface area contributed by atoms with Crippen molar-refractivity contribution in [1.29, 1.82) is 0 Å². The van der Waals surface area contributed by atoms with Crippen LogP contribution in [-0.4, -0.2) is 28.3 Å². The summed E-state index contributed by atoms with van der Waals surface area (Å²) in [5.74, 6) is 0.0648. The van der Waals surface area contributed by atoms with Crippen LogP contribution in [-0.2, 0) is 24.4 Å². The van der Waals surface area contributed by atoms with Gasteiger partial charge < -0.3 is 4.90 Å². The fourth-order valence-electron chi connectivity index (χ4n) is 3.80. The molecule has 0 atom stereocenters. The van der Waals surface area contributed by atoms with E-state index in [0.29, 0.717) is 31.6 Å². The van der Waals surface area contributed by atoms with Gasteiger partial charge in [-0.15, -0.1) is 0 Å². The van der Waals surface area contributed by atoms with E-state index in [1.807, 2.05) is 70.6 Å². The van der Waals surface area contributed by atoms with Crippen molar-refractivity contribution in [3.8, 4) is 0 Å². The molecule has 5 nitrogen and oxygen atoms in total. The van der Waals surface area contributed by atoms with Crippen molar-refractivity contribution in [3.63, 3.8) is 0 Å². The number of rotatable bonds is 8. The molecule has 2 amide bonds. The largest absolute Gasteiger partial charge is 0.338 e. The molecule has 0 spiro atoms. The summed E-state index contributed by atoms with van der Waals surface area (Å²) in [5.41, 5.74) is 6.96. The molecule has 4 rings (SSSR count). The van der Waals surface area contributed by atoms with Gasteiger partial charge in [-0.05, 0) is 35.2 Å². The van der Waals surface area contributed by atoms with Gasteiger partial charge in [-0.1, -0.05) is 72.8 Å². The molecule has 5 heteroatoms. The van der Waals surface area contributed by atoms with Crippen LogP contribution in [0.4, 0.5) is 0 Å². The number of carbonyl (C=O) groups is 2. The van der Waals surface area contributed by atoms with Crippen LogP contribution in [0.1, 0.15) is 39.9 Å². The van der Waals surface area contributed by atoms with Gasteiger partial charge in [0, 0.05) is 38.2 Å². The SMILES string of the molecule is O=C(NN(Cc1ccccc1)Cc1ccccc1)c1ccc(CN2CCCC2=O)cc1. The van der Waals surface area contributed by atoms with E-state index in [9.17, 15) is 9.59 Å². The van der Waals surface area contributed by atoms with Crippen molar-refractivity contribution < 1.29 is 9.59 Å². The number of nitrogens with one attached hydrogen (secondary N) is 1. The summed E-state index contributed by atoms with van der Waals surface area (Å²) >= 11 is 0. The zero-order valence-corrected chi connectivity index (χ0v) is 17.5. The predicted octanol–water partition coefficient (Wildman–Crippen LogP) is 4.16. The molecule has 0 aliphatic carbocycles. The molecule has 1 aliphatic rings. The normalized spacial score (nSPS) is 13.6. The van der Waals surface area contributed by atoms with E-state index >= 15 is 0 Å². The van der Waals surface area contributed by atoms with E-state index in [-0.39, 0.29) is 11.8 Å². The number of benzene rings is 3. The third kappa shape index (κ3) is 5.80. The lowest BCUT2D eigenvalue weighted by atomic mass is 10.1. The van der Waals surface area contributed by atoms with E-state index in [1.54, 1.807) is 0 Å². The third-order valence-electron chi connectivity index (χ3n) is 5.45. The van der Waals surface area contributed by atoms with Crippen LogP contribution < -0.4 is 5.43 Å². The van der Waals surface area contributed by atoms with Crippen LogP contribution in [0.15, 0.2) is 84.9 Å². The summed E-state index contributed by atoms with van der Waals surface area (Å²) in [6.07, 6.45) is 1.57. The Balaban J connectivity index is 1.42. The second-order valence-electron chi connectivity index (χ2n) is 7.88. The first-order valence-electron chi connectivity index (χ1n) is 10.7. The van der Waals surface area contributed by atoms with Crippen molar-refractivity contribution in [1.82, 2.24) is 15.3 Å². The van der Waals surface area contributed by atoms with E-state index in [2.05, 4.69) is 29.7 Å². The number of likely N-dealkylation sites (tertiary alicyclic amines) is 1. The number of hydrogen-bond donors (Lipinski definition) is 1. The van der Waals surface area contributed by atoms with Gasteiger partial charge in [-0.2, -0.15) is 0 Å². The van der Waals surface area contributed by atoms with Crippen molar-refractivity contribution in [2.75, 3.05) is 6.54 Å². The minimum Gasteiger partial charge on any atom is -0.338 e. The zero-order chi connectivity index (χ0) is 21.5. The summed E-state index contributed by atoms with van der Waals surface area (Å²) in [4.78, 5) is 26.6. The molecular weight excluding hydrogens is 386 g/mol. The molecule has 1 aliphatic heterocycles. The first kappa shape index (κ1) is 20.8. The Morgan fingerprint density at radius 2 is 1.39 bits per heavy atom. The summed E-state index contributed by atoms with van der Waals surface area (Å²) in [7, 11) is 0. The standard InChI is InChI=1S/C26H27N3O2/c30-25-12-7-17-28(25)18-23-13-15-24(16-14-23)26(31)27-29(19-21-8-3-1-4-9-21)20-22-10-5-2-6-11-22/h1-6,8-11,13-16H,7,12,17-20H2,(H,27,31). The van der Waals surface area contributed by atoms with Gasteiger partial charge in [0.2, 0.25) is 5.91 Å². The molecule has 1 heterocycles. The van der Waals surface area contributed by atoms with Crippen LogP contribution in [0.3, 0.4) is 0 Å². The maximum atomic E-state index is 12.9. The van der Waals surface area contributed by atoms with Crippen LogP contribution in [0.5, 0.6) is 0 Å². The van der Waals surface area contributed by atoms with Crippen molar-refractivity contribution in [2.45, 2.75) is 32.5 Å². The highest BCUT2D eigenvalue weighted by Crippen LogP contribution is 2.15. The smallest absolute Gasteiger partial charge is 0.265 e. The fourth-order valence-corrected chi connectivity index (χ4v) is 3.80. The number of nitrogens with zero attached hydrogens (tertiary/aromatic N) is 2. The average molecular weight is 414 g/mol. The molecule has 158 valence electrons. The van der Waals surface area contributed by atoms with Gasteiger partial charge in [0.25, 0.3) is 5.91 Å². The second-order valence-corrected chi connectivity index (χ2v) is 7.88. The quantitative estimate of drug-likeness (QED) is 0.565. The van der Waals surface area contributed by atoms with Gasteiger partial charge in [-0.25, -0.2) is 5.01 Å². The van der Waals surface area contributed by atoms with Gasteiger partial charge >= 0.3 is 0 Å². The number of carbonyl (C=O) groups excluding carboxylic acids is 2. The minimum atomic E-state index is -0.143. The Kier molecular flexibility index (Phi) is 6.75. The van der Waals surface area contributed by atoms with Crippen LogP contribution in [0.2, 0.25) is 0 Å². The van der Waals surface area contributed by atoms with Gasteiger partial charge in [-0.3, -0.25) is 15.0 Å². The van der Waals surface area contributed by atoms with Crippen LogP contribution >= 0.6 is 0 Å². The topological polar surface area (TPSA) is 52.7 Å². The lowest BCUT2D eigenvalue weighted by molar-refractivity contribution is -0.128. The Morgan fingerprint density at radius 1 is 0.806 bits per heavy atom. The molecule has 0 bridgehead atoms. The molecule has 1 saturated heterocycles. The monoisotopic (exact) mass is 413 g/mol. The van der Waals surface area contributed by atoms with Gasteiger partial charge in [0.05, 0.1) is 0 Å². The highest BCUT2D eigenvalue weighted by molar-refractivity contribution is 5.93. The molecular formula is C26H27N3O2. The summed E-state index contributed by atoms with van der Waals surface area (Å²) in [6.45, 7) is 2.64. The number of amides is 2. The molecule has 31 heavy (non-hydrogen) atoms. The van der Waals surface area contributed by atoms with Gasteiger partial charge in [0.15, 0.2) is 0 Å². The maximum Gasteiger partial charge on any atom is 0.265 e. The summed E-state index contributed by atoms with van der Waals surface area (Å²) in [5, 5.41) is 1.93. The lowest BCUT2D eigenvalue weighted by Gasteiger charge is -2.23. The Hall–Kier alpha value is -3.44. The lowest BCUT2D eigenvalue weighted by Crippen LogP contribution is -2.41. The predicted molar refractivity (Wildman–Crippen MR) is 121 cm³/mol. The second kappa shape index (κ2) is 10.0. The Morgan fingerprint density at radius 3 is 1.90 bits per heavy atom. The van der Waals surface area contributed by atoms with Gasteiger partial charge in [0.1, 0.15) is 0 Å². The Bertz CT molecular complexity index is 962. The number of hydrazine groups is 1. The van der Waals surface area contributed by atoms with Crippen LogP contribution in [0, 0.1) is 0 Å². The Labute approximate surface area is 183 Å². The maximum absolute atomic E-state index is 12.9. The first-order chi connectivity index (χ1) is 15.2. The first-order valence-corrected chi connectivity index (χ1v) is 10.7. The molecule has 0 unspecified atom stereocenters. The average Bonchev–Trinajstić information content (AvgIpc) is 3.20.